The fraction of sp³-hybridized carbons (Fsp3) is 0.538. The number of benzene rings is 1. The molecule has 1 heterocycles. The molecule has 0 spiro atoms. The van der Waals surface area contributed by atoms with Gasteiger partial charge in [0.1, 0.15) is 0 Å². The van der Waals surface area contributed by atoms with Crippen LogP contribution in [-0.2, 0) is 10.0 Å². The van der Waals surface area contributed by atoms with Crippen LogP contribution >= 0.6 is 0 Å². The Bertz CT molecular complexity index is 652. The van der Waals surface area contributed by atoms with Gasteiger partial charge < -0.3 is 5.32 Å². The predicted octanol–water partition coefficient (Wildman–Crippen LogP) is 1.24. The van der Waals surface area contributed by atoms with Crippen LogP contribution < -0.4 is 10.0 Å². The second-order valence-electron chi connectivity index (χ2n) is 5.31. The predicted molar refractivity (Wildman–Crippen MR) is 78.8 cm³/mol. The van der Waals surface area contributed by atoms with Crippen LogP contribution in [0.4, 0.5) is 5.69 Å². The standard InChI is InChI=1S/C13H19N3O4S/c1-9-6-10(2)13(7-12(9)16(17)18)21(19,20)15-8-11-4-3-5-14-11/h6-7,11,14-15H,3-5,8H2,1-2H3. The third-order valence-corrected chi connectivity index (χ3v) is 5.23. The van der Waals surface area contributed by atoms with Gasteiger partial charge in [-0.05, 0) is 44.9 Å². The Kier molecular flexibility index (Phi) is 4.60. The number of hydrogen-bond donors (Lipinski definition) is 2. The molecule has 1 aliphatic rings. The molecule has 0 aliphatic carbocycles. The monoisotopic (exact) mass is 313 g/mol. The molecule has 1 aliphatic heterocycles. The number of rotatable bonds is 5. The first-order valence-corrected chi connectivity index (χ1v) is 8.28. The van der Waals surface area contributed by atoms with Crippen LogP contribution in [0.15, 0.2) is 17.0 Å². The van der Waals surface area contributed by atoms with E-state index in [1.807, 2.05) is 0 Å². The van der Waals surface area contributed by atoms with E-state index < -0.39 is 14.9 Å². The van der Waals surface area contributed by atoms with E-state index >= 15 is 0 Å². The summed E-state index contributed by atoms with van der Waals surface area (Å²) >= 11 is 0. The van der Waals surface area contributed by atoms with Crippen LogP contribution in [-0.4, -0.2) is 32.5 Å². The highest BCUT2D eigenvalue weighted by Crippen LogP contribution is 2.25. The van der Waals surface area contributed by atoms with Gasteiger partial charge in [-0.25, -0.2) is 13.1 Å². The summed E-state index contributed by atoms with van der Waals surface area (Å²) in [6.45, 7) is 4.42. The molecule has 1 atom stereocenters. The van der Waals surface area contributed by atoms with E-state index in [1.165, 1.54) is 6.07 Å². The topological polar surface area (TPSA) is 101 Å². The minimum absolute atomic E-state index is 0.0298. The summed E-state index contributed by atoms with van der Waals surface area (Å²) in [5.41, 5.74) is 0.777. The van der Waals surface area contributed by atoms with E-state index in [9.17, 15) is 18.5 Å². The summed E-state index contributed by atoms with van der Waals surface area (Å²) in [6.07, 6.45) is 1.96. The smallest absolute Gasteiger partial charge is 0.273 e. The second kappa shape index (κ2) is 6.08. The van der Waals surface area contributed by atoms with Crippen molar-refractivity contribution in [2.24, 2.45) is 0 Å². The molecule has 7 nitrogen and oxygen atoms in total. The SMILES string of the molecule is Cc1cc(C)c(S(=O)(=O)NCC2CCCN2)cc1[N+](=O)[O-]. The van der Waals surface area contributed by atoms with Gasteiger partial charge in [-0.3, -0.25) is 10.1 Å². The largest absolute Gasteiger partial charge is 0.313 e. The molecule has 116 valence electrons. The molecule has 1 aromatic rings. The lowest BCUT2D eigenvalue weighted by molar-refractivity contribution is -0.385. The molecule has 0 radical (unpaired) electrons. The van der Waals surface area contributed by atoms with E-state index in [0.29, 0.717) is 17.7 Å². The molecule has 2 N–H and O–H groups in total. The first kappa shape index (κ1) is 15.9. The van der Waals surface area contributed by atoms with Gasteiger partial charge in [0.25, 0.3) is 5.69 Å². The van der Waals surface area contributed by atoms with E-state index in [-0.39, 0.29) is 16.6 Å². The normalized spacial score (nSPS) is 18.9. The minimum atomic E-state index is -3.75. The molecule has 0 amide bonds. The number of sulfonamides is 1. The average molecular weight is 313 g/mol. The van der Waals surface area contributed by atoms with Crippen molar-refractivity contribution in [3.63, 3.8) is 0 Å². The number of nitro benzene ring substituents is 1. The highest BCUT2D eigenvalue weighted by Gasteiger charge is 2.24. The summed E-state index contributed by atoms with van der Waals surface area (Å²) in [5.74, 6) is 0. The number of nitrogens with zero attached hydrogens (tertiary/aromatic N) is 1. The summed E-state index contributed by atoms with van der Waals surface area (Å²) in [7, 11) is -3.75. The first-order chi connectivity index (χ1) is 9.81. The molecule has 1 unspecified atom stereocenters. The summed E-state index contributed by atoms with van der Waals surface area (Å²) in [5, 5.41) is 14.2. The van der Waals surface area contributed by atoms with Gasteiger partial charge in [0.15, 0.2) is 0 Å². The molecule has 1 fully saturated rings. The molecule has 21 heavy (non-hydrogen) atoms. The molecule has 0 saturated carbocycles. The highest BCUT2D eigenvalue weighted by atomic mass is 32.2. The lowest BCUT2D eigenvalue weighted by Crippen LogP contribution is -2.37. The van der Waals surface area contributed by atoms with Gasteiger partial charge in [-0.2, -0.15) is 0 Å². The molecule has 1 saturated heterocycles. The zero-order valence-corrected chi connectivity index (χ0v) is 12.9. The van der Waals surface area contributed by atoms with Gasteiger partial charge in [-0.15, -0.1) is 0 Å². The van der Waals surface area contributed by atoms with Crippen LogP contribution in [0, 0.1) is 24.0 Å². The van der Waals surface area contributed by atoms with Crippen molar-refractivity contribution in [2.75, 3.05) is 13.1 Å². The maximum atomic E-state index is 12.3. The van der Waals surface area contributed by atoms with Crippen molar-refractivity contribution in [1.29, 1.82) is 0 Å². The zero-order chi connectivity index (χ0) is 15.6. The molecule has 0 aromatic heterocycles. The molecule has 1 aromatic carbocycles. The summed E-state index contributed by atoms with van der Waals surface area (Å²) < 4.78 is 27.2. The zero-order valence-electron chi connectivity index (χ0n) is 12.0. The van der Waals surface area contributed by atoms with Gasteiger partial charge in [0.2, 0.25) is 10.0 Å². The fourth-order valence-electron chi connectivity index (χ4n) is 2.53. The van der Waals surface area contributed by atoms with Crippen molar-refractivity contribution in [2.45, 2.75) is 37.6 Å². The van der Waals surface area contributed by atoms with Crippen molar-refractivity contribution >= 4 is 15.7 Å². The van der Waals surface area contributed by atoms with Crippen molar-refractivity contribution < 1.29 is 13.3 Å². The quantitative estimate of drug-likeness (QED) is 0.629. The van der Waals surface area contributed by atoms with Crippen molar-refractivity contribution in [3.05, 3.63) is 33.4 Å². The van der Waals surface area contributed by atoms with Crippen LogP contribution in [0.25, 0.3) is 0 Å². The van der Waals surface area contributed by atoms with Crippen LogP contribution in [0.5, 0.6) is 0 Å². The number of hydrogen-bond acceptors (Lipinski definition) is 5. The maximum Gasteiger partial charge on any atom is 0.273 e. The Labute approximate surface area is 123 Å². The Hall–Kier alpha value is -1.51. The van der Waals surface area contributed by atoms with E-state index in [0.717, 1.165) is 25.5 Å². The molecular weight excluding hydrogens is 294 g/mol. The average Bonchev–Trinajstić information content (AvgIpc) is 2.88. The van der Waals surface area contributed by atoms with Crippen LogP contribution in [0.2, 0.25) is 0 Å². The molecular formula is C13H19N3O4S. The van der Waals surface area contributed by atoms with E-state index in [4.69, 9.17) is 0 Å². The van der Waals surface area contributed by atoms with Gasteiger partial charge in [0.05, 0.1) is 9.82 Å². The number of aryl methyl sites for hydroxylation is 2. The third kappa shape index (κ3) is 3.58. The Balaban J connectivity index is 2.26. The van der Waals surface area contributed by atoms with Crippen molar-refractivity contribution in [3.8, 4) is 0 Å². The maximum absolute atomic E-state index is 12.3. The number of nitrogens with one attached hydrogen (secondary N) is 2. The Morgan fingerprint density at radius 2 is 2.10 bits per heavy atom. The lowest BCUT2D eigenvalue weighted by atomic mass is 10.1. The Morgan fingerprint density at radius 3 is 2.67 bits per heavy atom. The summed E-state index contributed by atoms with van der Waals surface area (Å²) in [4.78, 5) is 10.4. The first-order valence-electron chi connectivity index (χ1n) is 6.80. The highest BCUT2D eigenvalue weighted by molar-refractivity contribution is 7.89. The lowest BCUT2D eigenvalue weighted by Gasteiger charge is -2.13. The van der Waals surface area contributed by atoms with Crippen LogP contribution in [0.3, 0.4) is 0 Å². The van der Waals surface area contributed by atoms with Gasteiger partial charge >= 0.3 is 0 Å². The van der Waals surface area contributed by atoms with Crippen LogP contribution in [0.1, 0.15) is 24.0 Å². The summed E-state index contributed by atoms with van der Waals surface area (Å²) in [6, 6.07) is 2.79. The van der Waals surface area contributed by atoms with Gasteiger partial charge in [0, 0.05) is 24.2 Å². The molecule has 8 heteroatoms. The third-order valence-electron chi connectivity index (χ3n) is 3.66. The molecule has 0 bridgehead atoms. The van der Waals surface area contributed by atoms with Gasteiger partial charge in [-0.1, -0.05) is 0 Å². The van der Waals surface area contributed by atoms with E-state index in [2.05, 4.69) is 10.0 Å². The Morgan fingerprint density at radius 1 is 1.38 bits per heavy atom. The second-order valence-corrected chi connectivity index (χ2v) is 7.04. The van der Waals surface area contributed by atoms with E-state index in [1.54, 1.807) is 13.8 Å². The fourth-order valence-corrected chi connectivity index (χ4v) is 3.85. The number of nitro groups is 1. The molecule has 2 rings (SSSR count). The minimum Gasteiger partial charge on any atom is -0.313 e. The van der Waals surface area contributed by atoms with Crippen molar-refractivity contribution in [1.82, 2.24) is 10.0 Å².